The summed E-state index contributed by atoms with van der Waals surface area (Å²) in [5.41, 5.74) is 0. The Bertz CT molecular complexity index is 615. The summed E-state index contributed by atoms with van der Waals surface area (Å²) in [4.78, 5) is 12.0. The predicted octanol–water partition coefficient (Wildman–Crippen LogP) is 3.16. The number of rotatable bonds is 3. The molecule has 0 radical (unpaired) electrons. The van der Waals surface area contributed by atoms with Gasteiger partial charge in [-0.2, -0.15) is 0 Å². The highest BCUT2D eigenvalue weighted by atomic mass is 79.9. The largest absolute Gasteiger partial charge is 0.274 e. The second-order valence-corrected chi connectivity index (χ2v) is 8.08. The topological polar surface area (TPSA) is 54.5 Å². The van der Waals surface area contributed by atoms with Gasteiger partial charge in [-0.15, -0.1) is 0 Å². The highest BCUT2D eigenvalue weighted by Gasteiger charge is 2.38. The summed E-state index contributed by atoms with van der Waals surface area (Å²) in [5.74, 6) is -0.202. The molecular formula is C12H13Br2NO3S. The van der Waals surface area contributed by atoms with E-state index in [-0.39, 0.29) is 23.3 Å². The maximum absolute atomic E-state index is 12.5. The van der Waals surface area contributed by atoms with Crippen molar-refractivity contribution in [1.29, 1.82) is 0 Å². The molecule has 4 nitrogen and oxygen atoms in total. The van der Waals surface area contributed by atoms with Crippen molar-refractivity contribution in [1.82, 2.24) is 4.31 Å². The van der Waals surface area contributed by atoms with Crippen LogP contribution in [0.1, 0.15) is 19.8 Å². The summed E-state index contributed by atoms with van der Waals surface area (Å²) in [6.45, 7) is 2.24. The van der Waals surface area contributed by atoms with Crippen molar-refractivity contribution in [2.75, 3.05) is 6.54 Å². The smallest absolute Gasteiger partial charge is 0.267 e. The first-order chi connectivity index (χ1) is 8.86. The van der Waals surface area contributed by atoms with E-state index in [9.17, 15) is 13.2 Å². The Labute approximate surface area is 129 Å². The average Bonchev–Trinajstić information content (AvgIpc) is 2.74. The van der Waals surface area contributed by atoms with Crippen molar-refractivity contribution in [3.63, 3.8) is 0 Å². The fourth-order valence-electron chi connectivity index (χ4n) is 2.05. The van der Waals surface area contributed by atoms with Crippen LogP contribution in [-0.2, 0) is 14.8 Å². The Kier molecular flexibility index (Phi) is 4.37. The number of carbonyl (C=O) groups excluding carboxylic acids is 1. The average molecular weight is 411 g/mol. The molecule has 1 unspecified atom stereocenters. The molecule has 1 amide bonds. The van der Waals surface area contributed by atoms with Crippen LogP contribution >= 0.6 is 31.9 Å². The first-order valence-corrected chi connectivity index (χ1v) is 8.89. The summed E-state index contributed by atoms with van der Waals surface area (Å²) in [5, 5.41) is 0. The van der Waals surface area contributed by atoms with Crippen molar-refractivity contribution in [3.05, 3.63) is 27.1 Å². The van der Waals surface area contributed by atoms with Crippen LogP contribution in [0.4, 0.5) is 0 Å². The van der Waals surface area contributed by atoms with Gasteiger partial charge in [0.25, 0.3) is 10.0 Å². The van der Waals surface area contributed by atoms with Crippen LogP contribution in [0.3, 0.4) is 0 Å². The van der Waals surface area contributed by atoms with E-state index >= 15 is 0 Å². The van der Waals surface area contributed by atoms with E-state index in [2.05, 4.69) is 31.9 Å². The van der Waals surface area contributed by atoms with Gasteiger partial charge < -0.3 is 0 Å². The van der Waals surface area contributed by atoms with E-state index < -0.39 is 10.0 Å². The molecule has 1 aromatic rings. The van der Waals surface area contributed by atoms with Gasteiger partial charge in [-0.1, -0.05) is 29.3 Å². The number of sulfonamides is 1. The third kappa shape index (κ3) is 2.87. The van der Waals surface area contributed by atoms with Crippen LogP contribution < -0.4 is 0 Å². The van der Waals surface area contributed by atoms with E-state index in [4.69, 9.17) is 0 Å². The second kappa shape index (κ2) is 5.54. The molecule has 1 heterocycles. The minimum absolute atomic E-state index is 0.118. The number of carbonyl (C=O) groups is 1. The first-order valence-electron chi connectivity index (χ1n) is 5.87. The fourth-order valence-corrected chi connectivity index (χ4v) is 5.00. The number of amides is 1. The van der Waals surface area contributed by atoms with Gasteiger partial charge in [0.05, 0.1) is 0 Å². The number of nitrogens with zero attached hydrogens (tertiary/aromatic N) is 1. The monoisotopic (exact) mass is 409 g/mol. The van der Waals surface area contributed by atoms with Gasteiger partial charge in [0.2, 0.25) is 5.91 Å². The summed E-state index contributed by atoms with van der Waals surface area (Å²) in [7, 11) is -3.78. The van der Waals surface area contributed by atoms with Crippen LogP contribution in [0.2, 0.25) is 0 Å². The summed E-state index contributed by atoms with van der Waals surface area (Å²) in [6.07, 6.45) is 1.11. The Balaban J connectivity index is 2.43. The zero-order chi connectivity index (χ0) is 14.2. The van der Waals surface area contributed by atoms with Gasteiger partial charge in [0.1, 0.15) is 4.90 Å². The quantitative estimate of drug-likeness (QED) is 0.768. The SMILES string of the molecule is CCC1CC(=O)N(S(=O)(=O)c2cc(Br)ccc2Br)C1. The molecule has 0 spiro atoms. The van der Waals surface area contributed by atoms with E-state index in [0.29, 0.717) is 15.4 Å². The molecule has 1 aromatic carbocycles. The number of hydrogen-bond acceptors (Lipinski definition) is 3. The first kappa shape index (κ1) is 15.0. The van der Waals surface area contributed by atoms with Gasteiger partial charge in [-0.25, -0.2) is 12.7 Å². The number of benzene rings is 1. The van der Waals surface area contributed by atoms with Crippen LogP contribution in [-0.4, -0.2) is 25.2 Å². The van der Waals surface area contributed by atoms with Crippen molar-refractivity contribution in [2.45, 2.75) is 24.7 Å². The Morgan fingerprint density at radius 3 is 2.63 bits per heavy atom. The van der Waals surface area contributed by atoms with Crippen molar-refractivity contribution < 1.29 is 13.2 Å². The van der Waals surface area contributed by atoms with E-state index in [0.717, 1.165) is 10.7 Å². The highest BCUT2D eigenvalue weighted by Crippen LogP contribution is 2.32. The fraction of sp³-hybridized carbons (Fsp3) is 0.417. The Hall–Kier alpha value is -0.400. The van der Waals surface area contributed by atoms with Gasteiger partial charge in [-0.05, 0) is 40.0 Å². The molecule has 1 aliphatic rings. The lowest BCUT2D eigenvalue weighted by Gasteiger charge is -2.18. The highest BCUT2D eigenvalue weighted by molar-refractivity contribution is 9.11. The lowest BCUT2D eigenvalue weighted by Crippen LogP contribution is -2.32. The maximum Gasteiger partial charge on any atom is 0.267 e. The standard InChI is InChI=1S/C12H13Br2NO3S/c1-2-8-5-12(16)15(7-8)19(17,18)11-6-9(13)3-4-10(11)14/h3-4,6,8H,2,5,7H2,1H3. The van der Waals surface area contributed by atoms with E-state index in [1.165, 1.54) is 6.07 Å². The van der Waals surface area contributed by atoms with E-state index in [1.807, 2.05) is 6.92 Å². The lowest BCUT2D eigenvalue weighted by atomic mass is 10.1. The van der Waals surface area contributed by atoms with E-state index in [1.54, 1.807) is 12.1 Å². The molecule has 1 fully saturated rings. The Morgan fingerprint density at radius 1 is 1.37 bits per heavy atom. The third-order valence-corrected chi connectivity index (χ3v) is 6.48. The Morgan fingerprint density at radius 2 is 2.05 bits per heavy atom. The van der Waals surface area contributed by atoms with Crippen LogP contribution in [0.5, 0.6) is 0 Å². The normalized spacial score (nSPS) is 20.1. The summed E-state index contributed by atoms with van der Waals surface area (Å²) in [6, 6.07) is 4.89. The van der Waals surface area contributed by atoms with Crippen molar-refractivity contribution in [3.8, 4) is 0 Å². The molecular weight excluding hydrogens is 398 g/mol. The van der Waals surface area contributed by atoms with Crippen molar-refractivity contribution in [2.24, 2.45) is 5.92 Å². The molecule has 2 rings (SSSR count). The molecule has 1 saturated heterocycles. The zero-order valence-electron chi connectivity index (χ0n) is 10.3. The van der Waals surface area contributed by atoms with Crippen LogP contribution in [0.25, 0.3) is 0 Å². The molecule has 1 aliphatic heterocycles. The summed E-state index contributed by atoms with van der Waals surface area (Å²) >= 11 is 6.48. The molecule has 0 aliphatic carbocycles. The molecule has 19 heavy (non-hydrogen) atoms. The second-order valence-electron chi connectivity index (χ2n) is 4.48. The maximum atomic E-state index is 12.5. The molecule has 0 N–H and O–H groups in total. The van der Waals surface area contributed by atoms with Crippen LogP contribution in [0.15, 0.2) is 32.0 Å². The third-order valence-electron chi connectivity index (χ3n) is 3.20. The molecule has 0 bridgehead atoms. The van der Waals surface area contributed by atoms with Crippen molar-refractivity contribution >= 4 is 47.8 Å². The molecule has 0 saturated carbocycles. The predicted molar refractivity (Wildman–Crippen MR) is 79.1 cm³/mol. The molecule has 7 heteroatoms. The minimum atomic E-state index is -3.78. The van der Waals surface area contributed by atoms with Crippen LogP contribution in [0, 0.1) is 5.92 Å². The number of hydrogen-bond donors (Lipinski definition) is 0. The molecule has 1 atom stereocenters. The van der Waals surface area contributed by atoms with Gasteiger partial charge >= 0.3 is 0 Å². The van der Waals surface area contributed by atoms with Gasteiger partial charge in [0.15, 0.2) is 0 Å². The lowest BCUT2D eigenvalue weighted by molar-refractivity contribution is -0.123. The summed E-state index contributed by atoms with van der Waals surface area (Å²) < 4.78 is 27.2. The zero-order valence-corrected chi connectivity index (χ0v) is 14.3. The van der Waals surface area contributed by atoms with Gasteiger partial charge in [0, 0.05) is 21.9 Å². The minimum Gasteiger partial charge on any atom is -0.274 e. The molecule has 0 aromatic heterocycles. The number of halogens is 2. The van der Waals surface area contributed by atoms with Gasteiger partial charge in [-0.3, -0.25) is 4.79 Å². The molecule has 104 valence electrons.